The quantitative estimate of drug-likeness (QED) is 0.841. The van der Waals surface area contributed by atoms with Crippen LogP contribution in [0.25, 0.3) is 0 Å². The van der Waals surface area contributed by atoms with Crippen molar-refractivity contribution in [1.82, 2.24) is 4.72 Å². The smallest absolute Gasteiger partial charge is 0.338 e. The van der Waals surface area contributed by atoms with Crippen molar-refractivity contribution in [2.24, 2.45) is 5.92 Å². The number of benzene rings is 1. The first-order valence-corrected chi connectivity index (χ1v) is 7.88. The Morgan fingerprint density at radius 1 is 1.50 bits per heavy atom. The number of halogens is 1. The molecule has 0 amide bonds. The third-order valence-electron chi connectivity index (χ3n) is 3.37. The van der Waals surface area contributed by atoms with Gasteiger partial charge >= 0.3 is 5.97 Å². The minimum absolute atomic E-state index is 0.0988. The van der Waals surface area contributed by atoms with E-state index in [0.29, 0.717) is 5.92 Å². The molecule has 5 nitrogen and oxygen atoms in total. The van der Waals surface area contributed by atoms with E-state index in [4.69, 9.17) is 5.11 Å². The van der Waals surface area contributed by atoms with Gasteiger partial charge in [-0.1, -0.05) is 13.3 Å². The normalized spacial score (nSPS) is 21.7. The number of rotatable bonds is 6. The fourth-order valence-electron chi connectivity index (χ4n) is 2.18. The van der Waals surface area contributed by atoms with Gasteiger partial charge in [-0.25, -0.2) is 22.3 Å². The van der Waals surface area contributed by atoms with Gasteiger partial charge in [0.1, 0.15) is 5.82 Å². The number of hydrogen-bond acceptors (Lipinski definition) is 3. The van der Waals surface area contributed by atoms with Gasteiger partial charge in [0.25, 0.3) is 0 Å². The van der Waals surface area contributed by atoms with Gasteiger partial charge < -0.3 is 5.11 Å². The van der Waals surface area contributed by atoms with Gasteiger partial charge in [-0.2, -0.15) is 0 Å². The van der Waals surface area contributed by atoms with Crippen molar-refractivity contribution in [3.05, 3.63) is 29.6 Å². The maximum absolute atomic E-state index is 13.2. The van der Waals surface area contributed by atoms with Gasteiger partial charge in [0, 0.05) is 6.04 Å². The molecule has 1 saturated carbocycles. The standard InChI is InChI=1S/C13H16FNO4S/c1-2-3-8-6-12(8)15-20(18,19)9-4-5-11(14)10(7-9)13(16)17/h4-5,7-8,12,15H,2-3,6H2,1H3,(H,16,17). The summed E-state index contributed by atoms with van der Waals surface area (Å²) in [5.74, 6) is -2.10. The molecule has 0 saturated heterocycles. The largest absolute Gasteiger partial charge is 0.478 e. The van der Waals surface area contributed by atoms with Crippen molar-refractivity contribution in [2.75, 3.05) is 0 Å². The highest BCUT2D eigenvalue weighted by Crippen LogP contribution is 2.35. The molecular weight excluding hydrogens is 285 g/mol. The Kier molecular flexibility index (Phi) is 4.10. The summed E-state index contributed by atoms with van der Waals surface area (Å²) in [6, 6.07) is 2.67. The van der Waals surface area contributed by atoms with Crippen molar-refractivity contribution >= 4 is 16.0 Å². The van der Waals surface area contributed by atoms with E-state index in [2.05, 4.69) is 4.72 Å². The molecular formula is C13H16FNO4S. The molecule has 0 spiro atoms. The highest BCUT2D eigenvalue weighted by molar-refractivity contribution is 7.89. The first kappa shape index (κ1) is 14.9. The van der Waals surface area contributed by atoms with E-state index in [1.54, 1.807) is 0 Å². The van der Waals surface area contributed by atoms with Crippen LogP contribution in [0.1, 0.15) is 36.5 Å². The lowest BCUT2D eigenvalue weighted by molar-refractivity contribution is 0.0691. The second-order valence-corrected chi connectivity index (χ2v) is 6.67. The van der Waals surface area contributed by atoms with E-state index in [0.717, 1.165) is 37.5 Å². The fourth-order valence-corrected chi connectivity index (χ4v) is 3.53. The molecule has 2 rings (SSSR count). The van der Waals surface area contributed by atoms with Crippen LogP contribution < -0.4 is 4.72 Å². The predicted octanol–water partition coefficient (Wildman–Crippen LogP) is 1.99. The van der Waals surface area contributed by atoms with Crippen LogP contribution in [-0.4, -0.2) is 25.5 Å². The molecule has 20 heavy (non-hydrogen) atoms. The van der Waals surface area contributed by atoms with E-state index in [1.807, 2.05) is 6.92 Å². The van der Waals surface area contributed by atoms with Crippen LogP contribution in [0.15, 0.2) is 23.1 Å². The van der Waals surface area contributed by atoms with Crippen LogP contribution in [0, 0.1) is 11.7 Å². The first-order chi connectivity index (χ1) is 9.35. The van der Waals surface area contributed by atoms with E-state index in [1.165, 1.54) is 0 Å². The molecule has 1 aromatic carbocycles. The maximum Gasteiger partial charge on any atom is 0.338 e. The number of nitrogens with one attached hydrogen (secondary N) is 1. The lowest BCUT2D eigenvalue weighted by Gasteiger charge is -2.07. The minimum atomic E-state index is -3.80. The number of carboxylic acids is 1. The number of sulfonamides is 1. The third-order valence-corrected chi connectivity index (χ3v) is 4.85. The van der Waals surface area contributed by atoms with Crippen molar-refractivity contribution in [1.29, 1.82) is 0 Å². The molecule has 0 aromatic heterocycles. The molecule has 1 aliphatic rings. The second-order valence-electron chi connectivity index (χ2n) is 4.96. The van der Waals surface area contributed by atoms with Gasteiger partial charge in [-0.15, -0.1) is 0 Å². The summed E-state index contributed by atoms with van der Waals surface area (Å²) >= 11 is 0. The third kappa shape index (κ3) is 3.16. The van der Waals surface area contributed by atoms with Crippen LogP contribution in [0.2, 0.25) is 0 Å². The molecule has 2 unspecified atom stereocenters. The molecule has 0 bridgehead atoms. The Bertz CT molecular complexity index is 629. The molecule has 0 aliphatic heterocycles. The number of carboxylic acid groups (broad SMARTS) is 1. The van der Waals surface area contributed by atoms with Crippen molar-refractivity contribution in [3.63, 3.8) is 0 Å². The van der Waals surface area contributed by atoms with E-state index in [9.17, 15) is 17.6 Å². The van der Waals surface area contributed by atoms with Gasteiger partial charge in [0.2, 0.25) is 10.0 Å². The van der Waals surface area contributed by atoms with Gasteiger partial charge in [-0.05, 0) is 37.0 Å². The zero-order chi connectivity index (χ0) is 14.9. The number of hydrogen-bond donors (Lipinski definition) is 2. The Morgan fingerprint density at radius 2 is 2.20 bits per heavy atom. The minimum Gasteiger partial charge on any atom is -0.478 e. The van der Waals surface area contributed by atoms with Crippen molar-refractivity contribution in [2.45, 2.75) is 37.1 Å². The number of aromatic carboxylic acids is 1. The monoisotopic (exact) mass is 301 g/mol. The van der Waals surface area contributed by atoms with E-state index < -0.39 is 27.4 Å². The Morgan fingerprint density at radius 3 is 2.80 bits per heavy atom. The van der Waals surface area contributed by atoms with Crippen LogP contribution in [-0.2, 0) is 10.0 Å². The van der Waals surface area contributed by atoms with Crippen LogP contribution in [0.3, 0.4) is 0 Å². The predicted molar refractivity (Wildman–Crippen MR) is 70.5 cm³/mol. The second kappa shape index (κ2) is 5.49. The molecule has 1 fully saturated rings. The highest BCUT2D eigenvalue weighted by Gasteiger charge is 2.39. The molecule has 0 radical (unpaired) electrons. The Labute approximate surface area is 116 Å². The van der Waals surface area contributed by atoms with Gasteiger partial charge in [0.05, 0.1) is 10.5 Å². The topological polar surface area (TPSA) is 83.5 Å². The Hall–Kier alpha value is -1.47. The lowest BCUT2D eigenvalue weighted by atomic mass is 10.2. The molecule has 2 N–H and O–H groups in total. The summed E-state index contributed by atoms with van der Waals surface area (Å²) in [6.45, 7) is 2.03. The lowest BCUT2D eigenvalue weighted by Crippen LogP contribution is -2.27. The number of carbonyl (C=O) groups is 1. The molecule has 1 aromatic rings. The van der Waals surface area contributed by atoms with Gasteiger partial charge in [-0.3, -0.25) is 0 Å². The first-order valence-electron chi connectivity index (χ1n) is 6.40. The van der Waals surface area contributed by atoms with E-state index >= 15 is 0 Å². The molecule has 7 heteroatoms. The average Bonchev–Trinajstić information content (AvgIpc) is 3.06. The summed E-state index contributed by atoms with van der Waals surface area (Å²) in [5.41, 5.74) is -0.645. The fraction of sp³-hybridized carbons (Fsp3) is 0.462. The summed E-state index contributed by atoms with van der Waals surface area (Å²) in [6.07, 6.45) is 2.74. The van der Waals surface area contributed by atoms with Crippen molar-refractivity contribution < 1.29 is 22.7 Å². The van der Waals surface area contributed by atoms with Crippen molar-refractivity contribution in [3.8, 4) is 0 Å². The van der Waals surface area contributed by atoms with E-state index in [-0.39, 0.29) is 10.9 Å². The summed E-state index contributed by atoms with van der Waals surface area (Å²) in [5, 5.41) is 8.81. The van der Waals surface area contributed by atoms with Gasteiger partial charge in [0.15, 0.2) is 0 Å². The molecule has 2 atom stereocenters. The highest BCUT2D eigenvalue weighted by atomic mass is 32.2. The molecule has 0 heterocycles. The average molecular weight is 301 g/mol. The SMILES string of the molecule is CCCC1CC1NS(=O)(=O)c1ccc(F)c(C(=O)O)c1. The Balaban J connectivity index is 2.18. The van der Waals surface area contributed by atoms with Crippen LogP contribution in [0.4, 0.5) is 4.39 Å². The van der Waals surface area contributed by atoms with Crippen LogP contribution in [0.5, 0.6) is 0 Å². The van der Waals surface area contributed by atoms with Crippen LogP contribution >= 0.6 is 0 Å². The molecule has 1 aliphatic carbocycles. The zero-order valence-electron chi connectivity index (χ0n) is 11.0. The summed E-state index contributed by atoms with van der Waals surface area (Å²) < 4.78 is 40.0. The maximum atomic E-state index is 13.2. The molecule has 110 valence electrons. The zero-order valence-corrected chi connectivity index (χ0v) is 11.8. The summed E-state index contributed by atoms with van der Waals surface area (Å²) in [7, 11) is -3.80. The summed E-state index contributed by atoms with van der Waals surface area (Å²) in [4.78, 5) is 10.6.